The quantitative estimate of drug-likeness (QED) is 0.221. The summed E-state index contributed by atoms with van der Waals surface area (Å²) in [5, 5.41) is 21.3. The molecule has 0 aromatic heterocycles. The first-order valence-corrected chi connectivity index (χ1v) is 19.5. The van der Waals surface area contributed by atoms with Gasteiger partial charge in [-0.2, -0.15) is 0 Å². The van der Waals surface area contributed by atoms with Gasteiger partial charge in [-0.05, 0) is 142 Å². The summed E-state index contributed by atoms with van der Waals surface area (Å²) in [5.74, 6) is 2.93. The van der Waals surface area contributed by atoms with Crippen molar-refractivity contribution in [1.29, 1.82) is 0 Å². The second kappa shape index (κ2) is 11.6. The molecule has 5 aliphatic carbocycles. The summed E-state index contributed by atoms with van der Waals surface area (Å²) in [5.41, 5.74) is -0.194. The fourth-order valence-electron chi connectivity index (χ4n) is 14.1. The highest BCUT2D eigenvalue weighted by molar-refractivity contribution is 5.66. The Bertz CT molecular complexity index is 1210. The minimum absolute atomic E-state index is 0.0645. The molecule has 5 saturated carbocycles. The van der Waals surface area contributed by atoms with Gasteiger partial charge in [0.15, 0.2) is 18.2 Å². The van der Waals surface area contributed by atoms with E-state index in [1.807, 2.05) is 6.92 Å². The summed E-state index contributed by atoms with van der Waals surface area (Å²) in [6.07, 6.45) is 12.8. The Morgan fingerprint density at radius 1 is 0.851 bits per heavy atom. The maximum atomic E-state index is 11.9. The molecule has 8 heteroatoms. The molecule has 9 rings (SSSR count). The van der Waals surface area contributed by atoms with Crippen molar-refractivity contribution in [1.82, 2.24) is 0 Å². The van der Waals surface area contributed by atoms with Gasteiger partial charge in [0.25, 0.3) is 0 Å². The van der Waals surface area contributed by atoms with E-state index in [0.717, 1.165) is 51.4 Å². The Labute approximate surface area is 282 Å². The summed E-state index contributed by atoms with van der Waals surface area (Å²) in [4.78, 5) is 23.7. The fraction of sp³-hybridized carbons (Fsp3) is 0.974. The van der Waals surface area contributed by atoms with Gasteiger partial charge in [-0.1, -0.05) is 34.6 Å². The molecule has 266 valence electrons. The van der Waals surface area contributed by atoms with Crippen LogP contribution in [0.4, 0.5) is 0 Å². The summed E-state index contributed by atoms with van der Waals surface area (Å²) in [6, 6.07) is 0. The number of hydrogen-bond donors (Lipinski definition) is 2. The maximum absolute atomic E-state index is 11.9. The zero-order valence-corrected chi connectivity index (χ0v) is 29.8. The summed E-state index contributed by atoms with van der Waals surface area (Å²) >= 11 is 0. The molecule has 4 saturated heterocycles. The van der Waals surface area contributed by atoms with Crippen LogP contribution in [0, 0.1) is 70.0 Å². The largest absolute Gasteiger partial charge is 0.481 e. The smallest absolute Gasteiger partial charge is 0.303 e. The lowest BCUT2D eigenvalue weighted by molar-refractivity contribution is -0.578. The standard InChI is InChI=1S/C39H62O8/c1-21(8-12-33(41)42)26-10-11-29-25-20-32(40)31-19-24(13-16-37(31,5)30(25)14-17-36(26,29)4)43-34-23(3)28-9-7-22(2)27-15-18-38(6)45-35(44-34)39(27,28)47-46-38/h21-32,34-35,40H,7-20H2,1-6H3,(H,41,42)/t21-,22-,23-,24-,25?,26-,27?,28?,29?,30?,31?,32+,34?,35?,36-,37-,38+,39-/m1/s1. The van der Waals surface area contributed by atoms with Crippen LogP contribution in [-0.2, 0) is 28.8 Å². The van der Waals surface area contributed by atoms with Crippen molar-refractivity contribution in [3.05, 3.63) is 0 Å². The van der Waals surface area contributed by atoms with Crippen LogP contribution in [0.25, 0.3) is 0 Å². The molecular formula is C39H62O8. The molecule has 2 N–H and O–H groups in total. The van der Waals surface area contributed by atoms with E-state index in [1.54, 1.807) is 0 Å². The van der Waals surface area contributed by atoms with Gasteiger partial charge in [0.2, 0.25) is 5.79 Å². The van der Waals surface area contributed by atoms with Crippen LogP contribution in [0.1, 0.15) is 131 Å². The van der Waals surface area contributed by atoms with E-state index in [1.165, 1.54) is 32.1 Å². The van der Waals surface area contributed by atoms with Crippen LogP contribution >= 0.6 is 0 Å². The van der Waals surface area contributed by atoms with Crippen molar-refractivity contribution in [2.24, 2.45) is 70.0 Å². The molecule has 2 bridgehead atoms. The summed E-state index contributed by atoms with van der Waals surface area (Å²) in [7, 11) is 0. The molecule has 4 aliphatic heterocycles. The highest BCUT2D eigenvalue weighted by atomic mass is 17.3. The Hall–Kier alpha value is -0.770. The van der Waals surface area contributed by atoms with Crippen molar-refractivity contribution < 1.29 is 39.0 Å². The summed E-state index contributed by atoms with van der Waals surface area (Å²) < 4.78 is 20.4. The summed E-state index contributed by atoms with van der Waals surface area (Å²) in [6.45, 7) is 13.9. The van der Waals surface area contributed by atoms with E-state index in [4.69, 9.17) is 24.0 Å². The number of fused-ring (bicyclic) bond motifs is 7. The molecule has 8 nitrogen and oxygen atoms in total. The molecule has 0 amide bonds. The lowest BCUT2D eigenvalue weighted by Gasteiger charge is -2.63. The zero-order valence-electron chi connectivity index (χ0n) is 29.8. The number of carboxylic acid groups (broad SMARTS) is 1. The number of rotatable bonds is 6. The van der Waals surface area contributed by atoms with Crippen LogP contribution in [-0.4, -0.2) is 52.4 Å². The average Bonchev–Trinajstić information content (AvgIpc) is 3.22. The number of aliphatic hydroxyl groups excluding tert-OH is 1. The van der Waals surface area contributed by atoms with E-state index in [-0.39, 0.29) is 53.5 Å². The predicted octanol–water partition coefficient (Wildman–Crippen LogP) is 7.71. The Morgan fingerprint density at radius 2 is 1.57 bits per heavy atom. The van der Waals surface area contributed by atoms with Crippen molar-refractivity contribution in [2.45, 2.75) is 168 Å². The first-order valence-electron chi connectivity index (χ1n) is 19.5. The number of ether oxygens (including phenoxy) is 3. The minimum Gasteiger partial charge on any atom is -0.481 e. The van der Waals surface area contributed by atoms with Crippen LogP contribution in [0.2, 0.25) is 0 Å². The Balaban J connectivity index is 0.962. The highest BCUT2D eigenvalue weighted by Gasteiger charge is 2.70. The third kappa shape index (κ3) is 4.98. The van der Waals surface area contributed by atoms with Gasteiger partial charge in [0.05, 0.1) is 12.2 Å². The van der Waals surface area contributed by atoms with E-state index < -0.39 is 23.6 Å². The first-order chi connectivity index (χ1) is 22.3. The topological polar surface area (TPSA) is 104 Å². The SMILES string of the molecule is C[C@H]1C(O[C@@H]2CC[C@]3(C)C4CC[C@@]5(C)C(CC[C@@H]5[C@H](C)CCC(=O)O)C4C[C@H](O)C3C2)OC2O[C@]3(C)CCC4[C@H](C)CCC1[C@@]24OO3. The van der Waals surface area contributed by atoms with Gasteiger partial charge in [0, 0.05) is 24.7 Å². The lowest BCUT2D eigenvalue weighted by atomic mass is 9.43. The van der Waals surface area contributed by atoms with Crippen LogP contribution in [0.3, 0.4) is 0 Å². The third-order valence-corrected chi connectivity index (χ3v) is 16.6. The number of carbonyl (C=O) groups is 1. The van der Waals surface area contributed by atoms with Crippen molar-refractivity contribution in [2.75, 3.05) is 0 Å². The zero-order chi connectivity index (χ0) is 33.1. The molecule has 0 aromatic carbocycles. The fourth-order valence-corrected chi connectivity index (χ4v) is 14.1. The molecule has 47 heavy (non-hydrogen) atoms. The molecule has 9 aliphatic rings. The van der Waals surface area contributed by atoms with Crippen molar-refractivity contribution in [3.8, 4) is 0 Å². The van der Waals surface area contributed by atoms with Crippen LogP contribution in [0.5, 0.6) is 0 Å². The van der Waals surface area contributed by atoms with Gasteiger partial charge >= 0.3 is 5.97 Å². The second-order valence-electron chi connectivity index (χ2n) is 18.7. The molecular weight excluding hydrogens is 596 g/mol. The monoisotopic (exact) mass is 658 g/mol. The molecule has 0 aromatic rings. The molecule has 8 unspecified atom stereocenters. The van der Waals surface area contributed by atoms with Gasteiger partial charge in [-0.3, -0.25) is 4.79 Å². The van der Waals surface area contributed by atoms with E-state index in [2.05, 4.69) is 34.6 Å². The number of aliphatic carboxylic acids is 1. The molecule has 9 fully saturated rings. The highest BCUT2D eigenvalue weighted by Crippen LogP contribution is 2.69. The van der Waals surface area contributed by atoms with Gasteiger partial charge in [-0.15, -0.1) is 0 Å². The Morgan fingerprint density at radius 3 is 2.36 bits per heavy atom. The molecule has 0 radical (unpaired) electrons. The Kier molecular flexibility index (Phi) is 8.26. The van der Waals surface area contributed by atoms with E-state index >= 15 is 0 Å². The van der Waals surface area contributed by atoms with Gasteiger partial charge in [-0.25, -0.2) is 9.78 Å². The van der Waals surface area contributed by atoms with Gasteiger partial charge in [0.1, 0.15) is 0 Å². The van der Waals surface area contributed by atoms with E-state index in [9.17, 15) is 15.0 Å². The predicted molar refractivity (Wildman–Crippen MR) is 174 cm³/mol. The van der Waals surface area contributed by atoms with Crippen molar-refractivity contribution in [3.63, 3.8) is 0 Å². The minimum atomic E-state index is -0.788. The number of aliphatic hydroxyl groups is 1. The first kappa shape index (κ1) is 33.4. The number of hydrogen-bond acceptors (Lipinski definition) is 7. The second-order valence-corrected chi connectivity index (χ2v) is 18.7. The molecule has 1 spiro atoms. The normalized spacial score (nSPS) is 57.2. The lowest BCUT2D eigenvalue weighted by Crippen LogP contribution is -2.70. The van der Waals surface area contributed by atoms with Crippen LogP contribution < -0.4 is 0 Å². The maximum Gasteiger partial charge on any atom is 0.303 e. The number of carboxylic acids is 1. The van der Waals surface area contributed by atoms with Gasteiger partial charge < -0.3 is 24.4 Å². The molecule has 18 atom stereocenters. The third-order valence-electron chi connectivity index (χ3n) is 16.6. The van der Waals surface area contributed by atoms with Crippen LogP contribution in [0.15, 0.2) is 0 Å². The molecule has 4 heterocycles. The average molecular weight is 659 g/mol. The van der Waals surface area contributed by atoms with E-state index in [0.29, 0.717) is 41.4 Å². The van der Waals surface area contributed by atoms with Crippen molar-refractivity contribution >= 4 is 5.97 Å².